The average Bonchev–Trinajstić information content (AvgIpc) is 3.32. The van der Waals surface area contributed by atoms with Crippen molar-refractivity contribution in [3.05, 3.63) is 29.8 Å². The Balaban J connectivity index is 0.000000540. The van der Waals surface area contributed by atoms with Crippen LogP contribution >= 0.6 is 0 Å². The Morgan fingerprint density at radius 2 is 1.63 bits per heavy atom. The highest BCUT2D eigenvalue weighted by Gasteiger charge is 2.38. The van der Waals surface area contributed by atoms with Crippen LogP contribution in [0.4, 0.5) is 13.2 Å². The molecule has 35 heavy (non-hydrogen) atoms. The number of carbonyl (C=O) groups is 2. The number of rotatable bonds is 7. The maximum Gasteiger partial charge on any atom is 0.490 e. The topological polar surface area (TPSA) is 107 Å². The lowest BCUT2D eigenvalue weighted by Crippen LogP contribution is -2.51. The zero-order valence-electron chi connectivity index (χ0n) is 20.1. The molecule has 3 rings (SSSR count). The van der Waals surface area contributed by atoms with Crippen LogP contribution in [0.15, 0.2) is 29.2 Å². The first-order valence-corrected chi connectivity index (χ1v) is 13.2. The lowest BCUT2D eigenvalue weighted by atomic mass is 10.0. The van der Waals surface area contributed by atoms with E-state index in [-0.39, 0.29) is 18.5 Å². The minimum atomic E-state index is -5.08. The van der Waals surface area contributed by atoms with Gasteiger partial charge in [-0.25, -0.2) is 13.2 Å². The molecule has 0 bridgehead atoms. The fourth-order valence-corrected chi connectivity index (χ4v) is 5.79. The molecule has 0 radical (unpaired) electrons. The van der Waals surface area contributed by atoms with E-state index in [1.165, 1.54) is 4.31 Å². The van der Waals surface area contributed by atoms with E-state index < -0.39 is 22.2 Å². The summed E-state index contributed by atoms with van der Waals surface area (Å²) in [5.74, 6) is -2.32. The van der Waals surface area contributed by atoms with Crippen molar-refractivity contribution in [1.82, 2.24) is 14.5 Å². The molecule has 198 valence electrons. The summed E-state index contributed by atoms with van der Waals surface area (Å²) in [7, 11) is -3.69. The second kappa shape index (κ2) is 12.7. The lowest BCUT2D eigenvalue weighted by molar-refractivity contribution is -0.192. The van der Waals surface area contributed by atoms with Gasteiger partial charge in [-0.2, -0.15) is 17.5 Å². The van der Waals surface area contributed by atoms with Crippen molar-refractivity contribution in [3.63, 3.8) is 0 Å². The van der Waals surface area contributed by atoms with Crippen molar-refractivity contribution in [1.29, 1.82) is 0 Å². The normalized spacial score (nSPS) is 17.4. The lowest BCUT2D eigenvalue weighted by Gasteiger charge is -2.32. The summed E-state index contributed by atoms with van der Waals surface area (Å²) in [6, 6.07) is 7.12. The number of hydrogen-bond acceptors (Lipinski definition) is 5. The number of amides is 1. The van der Waals surface area contributed by atoms with E-state index in [1.807, 2.05) is 12.1 Å². The summed E-state index contributed by atoms with van der Waals surface area (Å²) in [6.07, 6.45) is -0.454. The second-order valence-electron chi connectivity index (χ2n) is 9.16. The summed E-state index contributed by atoms with van der Waals surface area (Å²) in [5.41, 5.74) is 1.14. The molecule has 2 fully saturated rings. The van der Waals surface area contributed by atoms with Gasteiger partial charge < -0.3 is 15.3 Å². The number of aliphatic carboxylic acids is 1. The van der Waals surface area contributed by atoms with Crippen LogP contribution in [0.5, 0.6) is 0 Å². The number of benzene rings is 1. The van der Waals surface area contributed by atoms with Crippen molar-refractivity contribution in [3.8, 4) is 0 Å². The van der Waals surface area contributed by atoms with E-state index in [4.69, 9.17) is 9.90 Å². The molecule has 1 aliphatic carbocycles. The molecule has 2 aliphatic rings. The van der Waals surface area contributed by atoms with Crippen molar-refractivity contribution >= 4 is 21.9 Å². The first kappa shape index (κ1) is 29.1. The molecular formula is C23H34F3N3O5S. The van der Waals surface area contributed by atoms with Crippen LogP contribution in [0.3, 0.4) is 0 Å². The molecule has 0 aromatic heterocycles. The molecule has 12 heteroatoms. The Labute approximate surface area is 204 Å². The largest absolute Gasteiger partial charge is 0.490 e. The number of piperazine rings is 1. The molecule has 1 aromatic carbocycles. The minimum absolute atomic E-state index is 0.0548. The van der Waals surface area contributed by atoms with Gasteiger partial charge in [0, 0.05) is 32.2 Å². The Kier molecular flexibility index (Phi) is 10.5. The van der Waals surface area contributed by atoms with Gasteiger partial charge in [-0.3, -0.25) is 4.79 Å². The van der Waals surface area contributed by atoms with Gasteiger partial charge in [0.15, 0.2) is 0 Å². The first-order chi connectivity index (χ1) is 16.3. The van der Waals surface area contributed by atoms with Gasteiger partial charge in [0.2, 0.25) is 15.9 Å². The van der Waals surface area contributed by atoms with Gasteiger partial charge in [-0.1, -0.05) is 38.8 Å². The molecule has 1 saturated heterocycles. The number of alkyl halides is 3. The minimum Gasteiger partial charge on any atom is -0.475 e. The fourth-order valence-electron chi connectivity index (χ4n) is 4.15. The standard InChI is InChI=1S/C21H33N3O3S.C2HF3O2/c1-17(2)15-18-7-9-20(10-8-18)28(26,27)24(19-5-3-4-6-19)16-21(25)23-13-11-22-12-14-23;3-2(4,5)1(6)7/h7-10,17,19,22H,3-6,11-16H2,1-2H3;(H,6,7). The van der Waals surface area contributed by atoms with E-state index in [0.717, 1.165) is 50.8 Å². The smallest absolute Gasteiger partial charge is 0.475 e. The highest BCUT2D eigenvalue weighted by atomic mass is 32.2. The van der Waals surface area contributed by atoms with Crippen LogP contribution in [0.1, 0.15) is 45.1 Å². The molecule has 0 unspecified atom stereocenters. The molecule has 1 saturated carbocycles. The first-order valence-electron chi connectivity index (χ1n) is 11.7. The van der Waals surface area contributed by atoms with E-state index in [2.05, 4.69) is 19.2 Å². The van der Waals surface area contributed by atoms with Gasteiger partial charge in [-0.15, -0.1) is 0 Å². The molecule has 1 aromatic rings. The van der Waals surface area contributed by atoms with E-state index in [1.54, 1.807) is 17.0 Å². The third-order valence-corrected chi connectivity index (χ3v) is 7.82. The van der Waals surface area contributed by atoms with Crippen LogP contribution in [-0.4, -0.2) is 79.5 Å². The summed E-state index contributed by atoms with van der Waals surface area (Å²) in [6.45, 7) is 7.05. The van der Waals surface area contributed by atoms with Gasteiger partial charge in [0.05, 0.1) is 11.4 Å². The van der Waals surface area contributed by atoms with Gasteiger partial charge in [-0.05, 0) is 42.9 Å². The Bertz CT molecular complexity index is 940. The summed E-state index contributed by atoms with van der Waals surface area (Å²) >= 11 is 0. The number of nitrogens with one attached hydrogen (secondary N) is 1. The Morgan fingerprint density at radius 3 is 2.09 bits per heavy atom. The molecular weight excluding hydrogens is 487 g/mol. The summed E-state index contributed by atoms with van der Waals surface area (Å²) in [5, 5.41) is 10.4. The predicted octanol–water partition coefficient (Wildman–Crippen LogP) is 2.88. The highest BCUT2D eigenvalue weighted by Crippen LogP contribution is 2.29. The van der Waals surface area contributed by atoms with Gasteiger partial charge >= 0.3 is 12.1 Å². The summed E-state index contributed by atoms with van der Waals surface area (Å²) < 4.78 is 60.0. The molecule has 1 amide bonds. The maximum atomic E-state index is 13.4. The van der Waals surface area contributed by atoms with Crippen molar-refractivity contribution in [2.45, 2.75) is 63.1 Å². The van der Waals surface area contributed by atoms with Gasteiger partial charge in [0.1, 0.15) is 0 Å². The van der Waals surface area contributed by atoms with E-state index in [9.17, 15) is 26.4 Å². The van der Waals surface area contributed by atoms with Crippen LogP contribution in [0.2, 0.25) is 0 Å². The maximum absolute atomic E-state index is 13.4. The number of carboxylic acids is 1. The Morgan fingerprint density at radius 1 is 1.11 bits per heavy atom. The van der Waals surface area contributed by atoms with Crippen molar-refractivity contribution in [2.75, 3.05) is 32.7 Å². The zero-order chi connectivity index (χ0) is 26.2. The molecule has 8 nitrogen and oxygen atoms in total. The second-order valence-corrected chi connectivity index (χ2v) is 11.1. The van der Waals surface area contributed by atoms with Crippen molar-refractivity contribution in [2.24, 2.45) is 5.92 Å². The van der Waals surface area contributed by atoms with E-state index >= 15 is 0 Å². The molecule has 1 heterocycles. The number of sulfonamides is 1. The number of carbonyl (C=O) groups excluding carboxylic acids is 1. The van der Waals surface area contributed by atoms with Crippen LogP contribution in [-0.2, 0) is 26.0 Å². The van der Waals surface area contributed by atoms with Gasteiger partial charge in [0.25, 0.3) is 0 Å². The Hall–Kier alpha value is -2.18. The molecule has 0 spiro atoms. The zero-order valence-corrected chi connectivity index (χ0v) is 20.9. The third kappa shape index (κ3) is 8.76. The molecule has 0 atom stereocenters. The number of nitrogens with zero attached hydrogens (tertiary/aromatic N) is 2. The van der Waals surface area contributed by atoms with Crippen molar-refractivity contribution < 1.29 is 36.3 Å². The van der Waals surface area contributed by atoms with Crippen LogP contribution in [0.25, 0.3) is 0 Å². The number of carboxylic acid groups (broad SMARTS) is 1. The number of hydrogen-bond donors (Lipinski definition) is 2. The SMILES string of the molecule is CC(C)Cc1ccc(S(=O)(=O)N(CC(=O)N2CCNCC2)C2CCCC2)cc1.O=C(O)C(F)(F)F. The third-order valence-electron chi connectivity index (χ3n) is 5.91. The monoisotopic (exact) mass is 521 g/mol. The van der Waals surface area contributed by atoms with Crippen LogP contribution in [0, 0.1) is 5.92 Å². The summed E-state index contributed by atoms with van der Waals surface area (Å²) in [4.78, 5) is 23.8. The number of halogens is 3. The molecule has 1 aliphatic heterocycles. The average molecular weight is 522 g/mol. The predicted molar refractivity (Wildman–Crippen MR) is 124 cm³/mol. The quantitative estimate of drug-likeness (QED) is 0.572. The molecule has 2 N–H and O–H groups in total. The van der Waals surface area contributed by atoms with E-state index in [0.29, 0.717) is 23.9 Å². The fraction of sp³-hybridized carbons (Fsp3) is 0.652. The van der Waals surface area contributed by atoms with Crippen LogP contribution < -0.4 is 5.32 Å². The highest BCUT2D eigenvalue weighted by molar-refractivity contribution is 7.89.